The van der Waals surface area contributed by atoms with Gasteiger partial charge in [-0.25, -0.2) is 0 Å². The minimum absolute atomic E-state index is 0.455. The Bertz CT molecular complexity index is 573. The van der Waals surface area contributed by atoms with Gasteiger partial charge in [0.15, 0.2) is 0 Å². The summed E-state index contributed by atoms with van der Waals surface area (Å²) < 4.78 is 1.91. The van der Waals surface area contributed by atoms with Gasteiger partial charge in [-0.3, -0.25) is 4.68 Å². The summed E-state index contributed by atoms with van der Waals surface area (Å²) in [4.78, 5) is 0. The van der Waals surface area contributed by atoms with Crippen LogP contribution in [0.3, 0.4) is 0 Å². The van der Waals surface area contributed by atoms with Crippen LogP contribution in [0.1, 0.15) is 30.8 Å². The Morgan fingerprint density at radius 2 is 2.11 bits per heavy atom. The van der Waals surface area contributed by atoms with Crippen molar-refractivity contribution in [1.82, 2.24) is 9.78 Å². The highest BCUT2D eigenvalue weighted by atomic mass is 35.5. The number of hydrogen-bond donors (Lipinski definition) is 1. The molecule has 2 N–H and O–H groups in total. The first-order chi connectivity index (χ1) is 8.92. The SMILES string of the molecule is CCc1cc(CC(C)(N)c2cccc(Cl)c2)n(C)n1. The number of rotatable bonds is 4. The van der Waals surface area contributed by atoms with Crippen LogP contribution in [-0.4, -0.2) is 9.78 Å². The minimum atomic E-state index is -0.455. The molecule has 2 aromatic rings. The van der Waals surface area contributed by atoms with E-state index in [0.717, 1.165) is 29.8 Å². The number of nitrogens with two attached hydrogens (primary N) is 1. The van der Waals surface area contributed by atoms with E-state index in [9.17, 15) is 0 Å². The van der Waals surface area contributed by atoms with Crippen molar-refractivity contribution in [3.63, 3.8) is 0 Å². The second-order valence-electron chi connectivity index (χ2n) is 5.21. The van der Waals surface area contributed by atoms with Gasteiger partial charge >= 0.3 is 0 Å². The lowest BCUT2D eigenvalue weighted by molar-refractivity contribution is 0.472. The summed E-state index contributed by atoms with van der Waals surface area (Å²) in [6.07, 6.45) is 1.67. The van der Waals surface area contributed by atoms with Crippen LogP contribution < -0.4 is 5.73 Å². The van der Waals surface area contributed by atoms with Crippen molar-refractivity contribution in [2.24, 2.45) is 12.8 Å². The predicted octanol–water partition coefficient (Wildman–Crippen LogP) is 3.05. The lowest BCUT2D eigenvalue weighted by atomic mass is 9.88. The molecule has 0 aliphatic heterocycles. The fraction of sp³-hybridized carbons (Fsp3) is 0.400. The zero-order chi connectivity index (χ0) is 14.0. The summed E-state index contributed by atoms with van der Waals surface area (Å²) >= 11 is 6.04. The maximum Gasteiger partial charge on any atom is 0.0624 e. The van der Waals surface area contributed by atoms with Gasteiger partial charge in [-0.1, -0.05) is 30.7 Å². The first kappa shape index (κ1) is 14.1. The Labute approximate surface area is 119 Å². The van der Waals surface area contributed by atoms with Gasteiger partial charge in [0, 0.05) is 29.7 Å². The van der Waals surface area contributed by atoms with E-state index in [0.29, 0.717) is 5.02 Å². The summed E-state index contributed by atoms with van der Waals surface area (Å²) in [6, 6.07) is 9.86. The predicted molar refractivity (Wildman–Crippen MR) is 79.3 cm³/mol. The highest BCUT2D eigenvalue weighted by Gasteiger charge is 2.23. The molecule has 1 heterocycles. The van der Waals surface area contributed by atoms with Crippen molar-refractivity contribution in [2.45, 2.75) is 32.2 Å². The molecule has 3 nitrogen and oxygen atoms in total. The Kier molecular flexibility index (Phi) is 3.97. The molecule has 0 saturated heterocycles. The molecule has 102 valence electrons. The molecule has 1 aromatic heterocycles. The van der Waals surface area contributed by atoms with Crippen molar-refractivity contribution in [3.05, 3.63) is 52.3 Å². The largest absolute Gasteiger partial charge is 0.321 e. The number of aromatic nitrogens is 2. The molecule has 2 rings (SSSR count). The van der Waals surface area contributed by atoms with E-state index in [2.05, 4.69) is 18.1 Å². The molecule has 0 aliphatic rings. The molecule has 0 bridgehead atoms. The van der Waals surface area contributed by atoms with Crippen molar-refractivity contribution < 1.29 is 0 Å². The van der Waals surface area contributed by atoms with E-state index in [4.69, 9.17) is 17.3 Å². The third-order valence-electron chi connectivity index (χ3n) is 3.42. The maximum absolute atomic E-state index is 6.46. The maximum atomic E-state index is 6.46. The Balaban J connectivity index is 2.27. The van der Waals surface area contributed by atoms with Crippen LogP contribution in [0.5, 0.6) is 0 Å². The first-order valence-corrected chi connectivity index (χ1v) is 6.87. The van der Waals surface area contributed by atoms with Gasteiger partial charge < -0.3 is 5.73 Å². The van der Waals surface area contributed by atoms with Crippen LogP contribution in [0, 0.1) is 0 Å². The van der Waals surface area contributed by atoms with Gasteiger partial charge in [-0.2, -0.15) is 5.10 Å². The van der Waals surface area contributed by atoms with Gasteiger partial charge in [-0.05, 0) is 37.1 Å². The quantitative estimate of drug-likeness (QED) is 0.933. The molecule has 1 aromatic carbocycles. The van der Waals surface area contributed by atoms with Gasteiger partial charge in [0.25, 0.3) is 0 Å². The van der Waals surface area contributed by atoms with Gasteiger partial charge in [0.05, 0.1) is 5.69 Å². The monoisotopic (exact) mass is 277 g/mol. The normalized spacial score (nSPS) is 14.4. The van der Waals surface area contributed by atoms with Crippen molar-refractivity contribution in [1.29, 1.82) is 0 Å². The van der Waals surface area contributed by atoms with Crippen molar-refractivity contribution in [2.75, 3.05) is 0 Å². The minimum Gasteiger partial charge on any atom is -0.321 e. The van der Waals surface area contributed by atoms with E-state index < -0.39 is 5.54 Å². The van der Waals surface area contributed by atoms with E-state index in [1.165, 1.54) is 0 Å². The molecule has 19 heavy (non-hydrogen) atoms. The van der Waals surface area contributed by atoms with Gasteiger partial charge in [0.1, 0.15) is 0 Å². The molecule has 4 heteroatoms. The fourth-order valence-corrected chi connectivity index (χ4v) is 2.42. The number of halogens is 1. The summed E-state index contributed by atoms with van der Waals surface area (Å²) in [7, 11) is 1.96. The van der Waals surface area contributed by atoms with Crippen LogP contribution in [0.15, 0.2) is 30.3 Å². The highest BCUT2D eigenvalue weighted by molar-refractivity contribution is 6.30. The van der Waals surface area contributed by atoms with E-state index in [1.54, 1.807) is 0 Å². The lowest BCUT2D eigenvalue weighted by Crippen LogP contribution is -2.36. The van der Waals surface area contributed by atoms with Crippen LogP contribution in [-0.2, 0) is 25.4 Å². The van der Waals surface area contributed by atoms with Crippen LogP contribution in [0.4, 0.5) is 0 Å². The topological polar surface area (TPSA) is 43.8 Å². The third-order valence-corrected chi connectivity index (χ3v) is 3.66. The van der Waals surface area contributed by atoms with Crippen molar-refractivity contribution in [3.8, 4) is 0 Å². The Hall–Kier alpha value is -1.32. The van der Waals surface area contributed by atoms with Gasteiger partial charge in [-0.15, -0.1) is 0 Å². The number of benzene rings is 1. The number of hydrogen-bond acceptors (Lipinski definition) is 2. The summed E-state index contributed by atoms with van der Waals surface area (Å²) in [5.74, 6) is 0. The molecular weight excluding hydrogens is 258 g/mol. The molecule has 0 saturated carbocycles. The first-order valence-electron chi connectivity index (χ1n) is 6.49. The van der Waals surface area contributed by atoms with Gasteiger partial charge in [0.2, 0.25) is 0 Å². The standard InChI is InChI=1S/C15H20ClN3/c1-4-13-9-14(19(3)18-13)10-15(2,17)11-6-5-7-12(16)8-11/h5-9H,4,10,17H2,1-3H3. The molecule has 1 atom stereocenters. The second kappa shape index (κ2) is 5.35. The zero-order valence-corrected chi connectivity index (χ0v) is 12.4. The molecule has 0 spiro atoms. The molecule has 1 unspecified atom stereocenters. The second-order valence-corrected chi connectivity index (χ2v) is 5.65. The van der Waals surface area contributed by atoms with E-state index in [-0.39, 0.29) is 0 Å². The summed E-state index contributed by atoms with van der Waals surface area (Å²) in [5.41, 5.74) is 9.28. The number of nitrogens with zero attached hydrogens (tertiary/aromatic N) is 2. The van der Waals surface area contributed by atoms with Crippen LogP contribution in [0.2, 0.25) is 5.02 Å². The molecule has 0 aliphatic carbocycles. The average Bonchev–Trinajstić information content (AvgIpc) is 2.70. The Morgan fingerprint density at radius 3 is 2.68 bits per heavy atom. The summed E-state index contributed by atoms with van der Waals surface area (Å²) in [5, 5.41) is 5.18. The molecule has 0 fully saturated rings. The summed E-state index contributed by atoms with van der Waals surface area (Å²) in [6.45, 7) is 4.13. The highest BCUT2D eigenvalue weighted by Crippen LogP contribution is 2.25. The van der Waals surface area contributed by atoms with E-state index >= 15 is 0 Å². The molecule has 0 amide bonds. The third kappa shape index (κ3) is 3.17. The average molecular weight is 278 g/mol. The zero-order valence-electron chi connectivity index (χ0n) is 11.7. The van der Waals surface area contributed by atoms with Crippen LogP contribution >= 0.6 is 11.6 Å². The smallest absolute Gasteiger partial charge is 0.0624 e. The number of aryl methyl sites for hydroxylation is 2. The molecular formula is C15H20ClN3. The fourth-order valence-electron chi connectivity index (χ4n) is 2.23. The van der Waals surface area contributed by atoms with Crippen LogP contribution in [0.25, 0.3) is 0 Å². The lowest BCUT2D eigenvalue weighted by Gasteiger charge is -2.25. The van der Waals surface area contributed by atoms with E-state index in [1.807, 2.05) is 42.9 Å². The van der Waals surface area contributed by atoms with Crippen molar-refractivity contribution >= 4 is 11.6 Å². The molecule has 0 radical (unpaired) electrons. The Morgan fingerprint density at radius 1 is 1.37 bits per heavy atom.